The number of anilines is 1. The second-order valence-corrected chi connectivity index (χ2v) is 8.19. The van der Waals surface area contributed by atoms with Crippen molar-refractivity contribution in [2.24, 2.45) is 5.92 Å². The lowest BCUT2D eigenvalue weighted by Crippen LogP contribution is -2.44. The van der Waals surface area contributed by atoms with E-state index in [9.17, 15) is 19.7 Å². The summed E-state index contributed by atoms with van der Waals surface area (Å²) in [4.78, 5) is 38.0. The van der Waals surface area contributed by atoms with Crippen LogP contribution in [0.5, 0.6) is 0 Å². The van der Waals surface area contributed by atoms with E-state index in [-0.39, 0.29) is 23.4 Å². The minimum absolute atomic E-state index is 0.0179. The number of aryl methyl sites for hydroxylation is 1. The molecule has 3 aromatic rings. The summed E-state index contributed by atoms with van der Waals surface area (Å²) >= 11 is 0. The average molecular weight is 447 g/mol. The van der Waals surface area contributed by atoms with E-state index >= 15 is 0 Å². The summed E-state index contributed by atoms with van der Waals surface area (Å²) in [6.07, 6.45) is 1.78. The number of carbonyl (C=O) groups excluding carboxylic acids is 2. The summed E-state index contributed by atoms with van der Waals surface area (Å²) in [5, 5.41) is 18.3. The number of hydrogen-bond acceptors (Lipinski definition) is 5. The first-order chi connectivity index (χ1) is 15.9. The lowest BCUT2D eigenvalue weighted by Gasteiger charge is -2.32. The van der Waals surface area contributed by atoms with E-state index in [1.165, 1.54) is 12.1 Å². The fraction of sp³-hybridized carbons (Fsp3) is 0.292. The number of benzene rings is 2. The summed E-state index contributed by atoms with van der Waals surface area (Å²) in [5.74, 6) is 0.0128. The van der Waals surface area contributed by atoms with Crippen molar-refractivity contribution in [2.45, 2.75) is 26.2 Å². The lowest BCUT2D eigenvalue weighted by molar-refractivity contribution is -0.384. The molecule has 1 N–H and O–H groups in total. The Bertz CT molecular complexity index is 1160. The van der Waals surface area contributed by atoms with Gasteiger partial charge >= 0.3 is 0 Å². The van der Waals surface area contributed by atoms with Crippen molar-refractivity contribution in [3.05, 3.63) is 82.0 Å². The van der Waals surface area contributed by atoms with Gasteiger partial charge < -0.3 is 10.2 Å². The van der Waals surface area contributed by atoms with E-state index in [0.717, 1.165) is 12.0 Å². The number of hydrogen-bond donors (Lipinski definition) is 1. The molecule has 0 aliphatic carbocycles. The summed E-state index contributed by atoms with van der Waals surface area (Å²) in [5.41, 5.74) is 2.24. The number of non-ortho nitro benzene ring substituents is 1. The number of carbonyl (C=O) groups is 2. The molecule has 2 amide bonds. The van der Waals surface area contributed by atoms with Crippen molar-refractivity contribution in [1.82, 2.24) is 14.7 Å². The molecule has 4 rings (SSSR count). The molecule has 2 aromatic carbocycles. The Morgan fingerprint density at radius 3 is 2.58 bits per heavy atom. The van der Waals surface area contributed by atoms with Gasteiger partial charge in [0.15, 0.2) is 0 Å². The molecule has 1 aliphatic heterocycles. The highest BCUT2D eigenvalue weighted by Gasteiger charge is 2.29. The third-order valence-electron chi connectivity index (χ3n) is 5.73. The van der Waals surface area contributed by atoms with Crippen molar-refractivity contribution in [2.75, 3.05) is 18.4 Å². The van der Waals surface area contributed by atoms with Crippen LogP contribution in [0.25, 0.3) is 5.69 Å². The summed E-state index contributed by atoms with van der Waals surface area (Å²) in [6, 6.07) is 17.3. The van der Waals surface area contributed by atoms with Crippen LogP contribution >= 0.6 is 0 Å². The third kappa shape index (κ3) is 5.25. The number of nitro benzene ring substituents is 1. The largest absolute Gasteiger partial charge is 0.342 e. The van der Waals surface area contributed by atoms with Gasteiger partial charge in [0.25, 0.3) is 5.69 Å². The number of amides is 2. The zero-order valence-electron chi connectivity index (χ0n) is 18.3. The van der Waals surface area contributed by atoms with E-state index in [1.807, 2.05) is 37.3 Å². The van der Waals surface area contributed by atoms with Crippen molar-refractivity contribution < 1.29 is 14.5 Å². The van der Waals surface area contributed by atoms with Crippen LogP contribution in [0.15, 0.2) is 60.7 Å². The van der Waals surface area contributed by atoms with Gasteiger partial charge in [-0.1, -0.05) is 30.3 Å². The molecule has 1 saturated heterocycles. The van der Waals surface area contributed by atoms with E-state index in [0.29, 0.717) is 43.1 Å². The molecule has 0 radical (unpaired) electrons. The maximum atomic E-state index is 13.1. The molecular weight excluding hydrogens is 422 g/mol. The van der Waals surface area contributed by atoms with Gasteiger partial charge in [-0.25, -0.2) is 4.68 Å². The number of nitrogens with one attached hydrogen (secondary N) is 1. The lowest BCUT2D eigenvalue weighted by atomic mass is 9.96. The number of rotatable bonds is 6. The second-order valence-electron chi connectivity index (χ2n) is 8.19. The van der Waals surface area contributed by atoms with Crippen LogP contribution < -0.4 is 5.32 Å². The van der Waals surface area contributed by atoms with Crippen molar-refractivity contribution in [3.63, 3.8) is 0 Å². The Balaban J connectivity index is 1.44. The number of nitrogens with zero attached hydrogens (tertiary/aromatic N) is 4. The SMILES string of the molecule is Cc1cc(NC(=O)C2CCCN(C(=O)Cc3ccccc3)C2)n(-c2ccc([N+](=O)[O-])cc2)n1. The van der Waals surface area contributed by atoms with Gasteiger partial charge in [0, 0.05) is 31.3 Å². The van der Waals surface area contributed by atoms with Gasteiger partial charge in [0.1, 0.15) is 5.82 Å². The Morgan fingerprint density at radius 1 is 1.15 bits per heavy atom. The van der Waals surface area contributed by atoms with Crippen molar-refractivity contribution >= 4 is 23.3 Å². The molecule has 1 aromatic heterocycles. The van der Waals surface area contributed by atoms with Crippen LogP contribution in [0, 0.1) is 23.0 Å². The van der Waals surface area contributed by atoms with E-state index in [4.69, 9.17) is 0 Å². The first kappa shape index (κ1) is 22.2. The van der Waals surface area contributed by atoms with Crippen LogP contribution in [-0.4, -0.2) is 44.5 Å². The van der Waals surface area contributed by atoms with Gasteiger partial charge in [0.05, 0.1) is 28.6 Å². The molecular formula is C24H25N5O4. The highest BCUT2D eigenvalue weighted by atomic mass is 16.6. The number of nitro groups is 1. The van der Waals surface area contributed by atoms with Crippen molar-refractivity contribution in [1.29, 1.82) is 0 Å². The molecule has 9 nitrogen and oxygen atoms in total. The zero-order valence-corrected chi connectivity index (χ0v) is 18.3. The molecule has 1 aliphatic rings. The molecule has 0 spiro atoms. The third-order valence-corrected chi connectivity index (χ3v) is 5.73. The molecule has 0 saturated carbocycles. The fourth-order valence-electron chi connectivity index (χ4n) is 4.03. The predicted octanol–water partition coefficient (Wildman–Crippen LogP) is 3.51. The van der Waals surface area contributed by atoms with Crippen LogP contribution in [0.2, 0.25) is 0 Å². The molecule has 1 atom stereocenters. The monoisotopic (exact) mass is 447 g/mol. The molecule has 1 unspecified atom stereocenters. The smallest absolute Gasteiger partial charge is 0.269 e. The van der Waals surface area contributed by atoms with E-state index in [1.54, 1.807) is 27.8 Å². The maximum Gasteiger partial charge on any atom is 0.269 e. The first-order valence-corrected chi connectivity index (χ1v) is 10.8. The molecule has 2 heterocycles. The Kier molecular flexibility index (Phi) is 6.48. The topological polar surface area (TPSA) is 110 Å². The molecule has 0 bridgehead atoms. The Morgan fingerprint density at radius 2 is 1.88 bits per heavy atom. The van der Waals surface area contributed by atoms with Crippen LogP contribution in [0.1, 0.15) is 24.1 Å². The fourth-order valence-corrected chi connectivity index (χ4v) is 4.03. The van der Waals surface area contributed by atoms with Crippen LogP contribution in [-0.2, 0) is 16.0 Å². The summed E-state index contributed by atoms with van der Waals surface area (Å²) in [7, 11) is 0. The van der Waals surface area contributed by atoms with Crippen molar-refractivity contribution in [3.8, 4) is 5.69 Å². The molecule has 1 fully saturated rings. The predicted molar refractivity (Wildman–Crippen MR) is 123 cm³/mol. The van der Waals surface area contributed by atoms with Gasteiger partial charge in [-0.3, -0.25) is 19.7 Å². The van der Waals surface area contributed by atoms with Gasteiger partial charge in [-0.15, -0.1) is 0 Å². The normalized spacial score (nSPS) is 15.8. The molecule has 170 valence electrons. The highest BCUT2D eigenvalue weighted by Crippen LogP contribution is 2.23. The molecule has 9 heteroatoms. The van der Waals surface area contributed by atoms with Gasteiger partial charge in [0.2, 0.25) is 11.8 Å². The second kappa shape index (κ2) is 9.64. The van der Waals surface area contributed by atoms with Gasteiger partial charge in [-0.2, -0.15) is 5.10 Å². The number of piperidine rings is 1. The minimum atomic E-state index is -0.464. The standard InChI is InChI=1S/C24H25N5O4/c1-17-14-22(28(26-17)20-9-11-21(12-10-20)29(32)33)25-24(31)19-8-5-13-27(16-19)23(30)15-18-6-3-2-4-7-18/h2-4,6-7,9-12,14,19H,5,8,13,15-16H2,1H3,(H,25,31). The first-order valence-electron chi connectivity index (χ1n) is 10.8. The van der Waals surface area contributed by atoms with Crippen LogP contribution in [0.3, 0.4) is 0 Å². The van der Waals surface area contributed by atoms with E-state index in [2.05, 4.69) is 10.4 Å². The minimum Gasteiger partial charge on any atom is -0.342 e. The molecule has 33 heavy (non-hydrogen) atoms. The maximum absolute atomic E-state index is 13.1. The average Bonchev–Trinajstić information content (AvgIpc) is 3.19. The zero-order chi connectivity index (χ0) is 23.4. The van der Waals surface area contributed by atoms with Crippen LogP contribution in [0.4, 0.5) is 11.5 Å². The van der Waals surface area contributed by atoms with Gasteiger partial charge in [-0.05, 0) is 37.5 Å². The summed E-state index contributed by atoms with van der Waals surface area (Å²) in [6.45, 7) is 2.83. The summed E-state index contributed by atoms with van der Waals surface area (Å²) < 4.78 is 1.55. The Hall–Kier alpha value is -4.01. The van der Waals surface area contributed by atoms with E-state index < -0.39 is 4.92 Å². The number of aromatic nitrogens is 2. The Labute approximate surface area is 191 Å². The highest BCUT2D eigenvalue weighted by molar-refractivity contribution is 5.93. The quantitative estimate of drug-likeness (QED) is 0.459. The number of likely N-dealkylation sites (tertiary alicyclic amines) is 1.